The zero-order valence-corrected chi connectivity index (χ0v) is 15.0. The van der Waals surface area contributed by atoms with Crippen LogP contribution in [0.5, 0.6) is 0 Å². The molecule has 0 aliphatic carbocycles. The normalized spacial score (nSPS) is 24.8. The first-order chi connectivity index (χ1) is 12.8. The van der Waals surface area contributed by atoms with Gasteiger partial charge in [0.25, 0.3) is 0 Å². The Balaban J connectivity index is 1.70. The molecular formula is C18H24F3N3O3. The Morgan fingerprint density at radius 3 is 2.59 bits per heavy atom. The van der Waals surface area contributed by atoms with Crippen LogP contribution in [0.3, 0.4) is 0 Å². The van der Waals surface area contributed by atoms with Crippen LogP contribution in [-0.2, 0) is 15.7 Å². The number of ether oxygens (including phenoxy) is 1. The van der Waals surface area contributed by atoms with Crippen molar-refractivity contribution in [2.75, 3.05) is 44.3 Å². The molecule has 2 saturated heterocycles. The fourth-order valence-corrected chi connectivity index (χ4v) is 3.95. The minimum Gasteiger partial charge on any atom is -0.481 e. The van der Waals surface area contributed by atoms with E-state index in [4.69, 9.17) is 9.84 Å². The van der Waals surface area contributed by atoms with Crippen LogP contribution in [0.2, 0.25) is 0 Å². The van der Waals surface area contributed by atoms with Gasteiger partial charge < -0.3 is 14.7 Å². The van der Waals surface area contributed by atoms with Crippen molar-refractivity contribution in [1.82, 2.24) is 9.88 Å². The average molecular weight is 387 g/mol. The molecule has 0 amide bonds. The number of halogens is 3. The van der Waals surface area contributed by atoms with Crippen LogP contribution in [0.1, 0.15) is 24.8 Å². The zero-order valence-electron chi connectivity index (χ0n) is 15.0. The van der Waals surface area contributed by atoms with Gasteiger partial charge in [-0.25, -0.2) is 4.98 Å². The molecule has 3 rings (SSSR count). The molecule has 2 atom stereocenters. The molecular weight excluding hydrogens is 363 g/mol. The Morgan fingerprint density at radius 1 is 1.26 bits per heavy atom. The topological polar surface area (TPSA) is 65.9 Å². The molecule has 0 radical (unpaired) electrons. The molecule has 1 aromatic rings. The van der Waals surface area contributed by atoms with Crippen molar-refractivity contribution in [3.05, 3.63) is 23.9 Å². The summed E-state index contributed by atoms with van der Waals surface area (Å²) in [6, 6.07) is 2.70. The number of hydrogen-bond donors (Lipinski definition) is 1. The molecule has 150 valence electrons. The fourth-order valence-electron chi connectivity index (χ4n) is 3.95. The van der Waals surface area contributed by atoms with E-state index in [-0.39, 0.29) is 18.4 Å². The summed E-state index contributed by atoms with van der Waals surface area (Å²) in [7, 11) is 0. The summed E-state index contributed by atoms with van der Waals surface area (Å²) in [6.07, 6.45) is -2.10. The number of nitrogens with zero attached hydrogens (tertiary/aromatic N) is 3. The molecule has 9 heteroatoms. The summed E-state index contributed by atoms with van der Waals surface area (Å²) >= 11 is 0. The van der Waals surface area contributed by atoms with Crippen molar-refractivity contribution >= 4 is 11.8 Å². The van der Waals surface area contributed by atoms with E-state index in [0.717, 1.165) is 31.8 Å². The molecule has 3 heterocycles. The van der Waals surface area contributed by atoms with Crippen molar-refractivity contribution in [2.45, 2.75) is 31.5 Å². The van der Waals surface area contributed by atoms with E-state index in [9.17, 15) is 18.0 Å². The molecule has 0 unspecified atom stereocenters. The van der Waals surface area contributed by atoms with E-state index in [1.54, 1.807) is 0 Å². The summed E-state index contributed by atoms with van der Waals surface area (Å²) in [5.74, 6) is -0.207. The number of carboxylic acids is 1. The first-order valence-electron chi connectivity index (χ1n) is 9.16. The summed E-state index contributed by atoms with van der Waals surface area (Å²) in [5, 5.41) is 9.06. The van der Waals surface area contributed by atoms with Crippen LogP contribution in [0.25, 0.3) is 0 Å². The van der Waals surface area contributed by atoms with Crippen LogP contribution in [-0.4, -0.2) is 66.4 Å². The second-order valence-electron chi connectivity index (χ2n) is 7.05. The van der Waals surface area contributed by atoms with Gasteiger partial charge in [-0.15, -0.1) is 0 Å². The van der Waals surface area contributed by atoms with Crippen molar-refractivity contribution in [3.8, 4) is 0 Å². The number of rotatable bonds is 5. The lowest BCUT2D eigenvalue weighted by Crippen LogP contribution is -2.54. The van der Waals surface area contributed by atoms with Crippen molar-refractivity contribution in [2.24, 2.45) is 5.92 Å². The predicted molar refractivity (Wildman–Crippen MR) is 92.6 cm³/mol. The van der Waals surface area contributed by atoms with Gasteiger partial charge in [-0.3, -0.25) is 9.69 Å². The lowest BCUT2D eigenvalue weighted by atomic mass is 9.86. The van der Waals surface area contributed by atoms with Crippen LogP contribution in [0.4, 0.5) is 19.0 Å². The van der Waals surface area contributed by atoms with E-state index in [1.807, 2.05) is 4.90 Å². The highest BCUT2D eigenvalue weighted by molar-refractivity contribution is 5.66. The fraction of sp³-hybridized carbons (Fsp3) is 0.667. The van der Waals surface area contributed by atoms with Gasteiger partial charge in [-0.05, 0) is 30.9 Å². The summed E-state index contributed by atoms with van der Waals surface area (Å²) in [4.78, 5) is 19.4. The summed E-state index contributed by atoms with van der Waals surface area (Å²) < 4.78 is 43.6. The zero-order chi connectivity index (χ0) is 19.4. The van der Waals surface area contributed by atoms with Crippen molar-refractivity contribution < 1.29 is 27.8 Å². The molecule has 1 N–H and O–H groups in total. The second-order valence-corrected chi connectivity index (χ2v) is 7.05. The number of alkyl halides is 3. The Hall–Kier alpha value is -1.87. The van der Waals surface area contributed by atoms with Crippen LogP contribution in [0.15, 0.2) is 18.3 Å². The molecule has 1 aromatic heterocycles. The van der Waals surface area contributed by atoms with E-state index in [2.05, 4.69) is 9.88 Å². The highest BCUT2D eigenvalue weighted by Gasteiger charge is 2.35. The minimum absolute atomic E-state index is 0.0831. The molecule has 0 saturated carbocycles. The standard InChI is InChI=1S/C18H24F3N3O3/c19-18(20,21)14-2-3-16(22-11-14)24-6-5-15(23-7-9-27-10-8-23)13(12-24)1-4-17(25)26/h2-3,11,13,15H,1,4-10,12H2,(H,25,26)/t13-,15+/m1/s1. The third kappa shape index (κ3) is 5.10. The van der Waals surface area contributed by atoms with E-state index in [1.165, 1.54) is 6.07 Å². The number of morpholine rings is 1. The first kappa shape index (κ1) is 19.9. The SMILES string of the molecule is O=C(O)CC[C@@H]1CN(c2ccc(C(F)(F)F)cn2)CC[C@@H]1N1CCOCC1. The van der Waals surface area contributed by atoms with Gasteiger partial charge in [-0.2, -0.15) is 13.2 Å². The number of anilines is 1. The number of carbonyl (C=O) groups is 1. The highest BCUT2D eigenvalue weighted by atomic mass is 19.4. The Morgan fingerprint density at radius 2 is 2.00 bits per heavy atom. The lowest BCUT2D eigenvalue weighted by molar-refractivity contribution is -0.138. The number of hydrogen-bond acceptors (Lipinski definition) is 5. The molecule has 2 aliphatic rings. The van der Waals surface area contributed by atoms with Crippen LogP contribution >= 0.6 is 0 Å². The number of aromatic nitrogens is 1. The number of aliphatic carboxylic acids is 1. The van der Waals surface area contributed by atoms with E-state index in [0.29, 0.717) is 38.5 Å². The Labute approximate surface area is 155 Å². The third-order valence-electron chi connectivity index (χ3n) is 5.34. The minimum atomic E-state index is -4.40. The highest BCUT2D eigenvalue weighted by Crippen LogP contribution is 2.32. The monoisotopic (exact) mass is 387 g/mol. The van der Waals surface area contributed by atoms with Crippen molar-refractivity contribution in [1.29, 1.82) is 0 Å². The number of piperidine rings is 1. The quantitative estimate of drug-likeness (QED) is 0.838. The molecule has 6 nitrogen and oxygen atoms in total. The first-order valence-corrected chi connectivity index (χ1v) is 9.16. The van der Waals surface area contributed by atoms with E-state index >= 15 is 0 Å². The number of carboxylic acid groups (broad SMARTS) is 1. The van der Waals surface area contributed by atoms with Crippen LogP contribution in [0, 0.1) is 5.92 Å². The summed E-state index contributed by atoms with van der Waals surface area (Å²) in [5.41, 5.74) is -0.767. The molecule has 2 fully saturated rings. The lowest BCUT2D eigenvalue weighted by Gasteiger charge is -2.45. The molecule has 0 aromatic carbocycles. The largest absolute Gasteiger partial charge is 0.481 e. The summed E-state index contributed by atoms with van der Waals surface area (Å²) in [6.45, 7) is 4.27. The third-order valence-corrected chi connectivity index (χ3v) is 5.34. The van der Waals surface area contributed by atoms with Gasteiger partial charge in [-0.1, -0.05) is 0 Å². The smallest absolute Gasteiger partial charge is 0.417 e. The van der Waals surface area contributed by atoms with Crippen molar-refractivity contribution in [3.63, 3.8) is 0 Å². The Bertz CT molecular complexity index is 633. The second kappa shape index (κ2) is 8.43. The maximum atomic E-state index is 12.7. The Kier molecular flexibility index (Phi) is 6.21. The van der Waals surface area contributed by atoms with Gasteiger partial charge in [0.1, 0.15) is 5.82 Å². The molecule has 0 bridgehead atoms. The molecule has 27 heavy (non-hydrogen) atoms. The van der Waals surface area contributed by atoms with E-state index < -0.39 is 17.7 Å². The molecule has 0 spiro atoms. The van der Waals surface area contributed by atoms with Gasteiger partial charge in [0.2, 0.25) is 0 Å². The predicted octanol–water partition coefficient (Wildman–Crippen LogP) is 2.49. The molecule has 2 aliphatic heterocycles. The van der Waals surface area contributed by atoms with Gasteiger partial charge >= 0.3 is 12.1 Å². The van der Waals surface area contributed by atoms with Gasteiger partial charge in [0.15, 0.2) is 0 Å². The number of pyridine rings is 1. The van der Waals surface area contributed by atoms with Crippen LogP contribution < -0.4 is 4.90 Å². The van der Waals surface area contributed by atoms with Gasteiger partial charge in [0.05, 0.1) is 18.8 Å². The maximum absolute atomic E-state index is 12.7. The maximum Gasteiger partial charge on any atom is 0.417 e. The van der Waals surface area contributed by atoms with Gasteiger partial charge in [0, 0.05) is 44.8 Å². The average Bonchev–Trinajstić information content (AvgIpc) is 2.66.